The monoisotopic (exact) mass is 312 g/mol. The Kier molecular flexibility index (Phi) is 4.65. The zero-order valence-corrected chi connectivity index (χ0v) is 13.0. The van der Waals surface area contributed by atoms with Gasteiger partial charge in [-0.2, -0.15) is 4.31 Å². The van der Waals surface area contributed by atoms with Gasteiger partial charge in [0.1, 0.15) is 0 Å². The van der Waals surface area contributed by atoms with Crippen molar-refractivity contribution in [1.82, 2.24) is 4.31 Å². The van der Waals surface area contributed by atoms with Gasteiger partial charge in [0, 0.05) is 18.8 Å². The lowest BCUT2D eigenvalue weighted by atomic mass is 10.0. The van der Waals surface area contributed by atoms with Gasteiger partial charge in [-0.15, -0.1) is 0 Å². The molecule has 1 aliphatic heterocycles. The van der Waals surface area contributed by atoms with E-state index in [4.69, 9.17) is 5.11 Å². The van der Waals surface area contributed by atoms with E-state index in [0.717, 1.165) is 0 Å². The summed E-state index contributed by atoms with van der Waals surface area (Å²) in [6.45, 7) is 3.83. The van der Waals surface area contributed by atoms with Crippen LogP contribution in [0.3, 0.4) is 0 Å². The predicted octanol–water partition coefficient (Wildman–Crippen LogP) is 1.14. The van der Waals surface area contributed by atoms with Crippen molar-refractivity contribution in [1.29, 1.82) is 0 Å². The van der Waals surface area contributed by atoms with Gasteiger partial charge < -0.3 is 10.4 Å². The number of carbonyl (C=O) groups excluding carboxylic acids is 1. The van der Waals surface area contributed by atoms with Crippen LogP contribution in [-0.4, -0.2) is 43.4 Å². The van der Waals surface area contributed by atoms with Crippen molar-refractivity contribution in [2.45, 2.75) is 31.1 Å². The molecule has 1 amide bonds. The van der Waals surface area contributed by atoms with Crippen molar-refractivity contribution in [2.75, 3.05) is 25.0 Å². The highest BCUT2D eigenvalue weighted by atomic mass is 32.2. The number of nitrogens with zero attached hydrogens (tertiary/aromatic N) is 1. The van der Waals surface area contributed by atoms with Gasteiger partial charge in [-0.25, -0.2) is 8.42 Å². The molecule has 0 saturated carbocycles. The van der Waals surface area contributed by atoms with Crippen LogP contribution in [0.25, 0.3) is 0 Å². The highest BCUT2D eigenvalue weighted by Gasteiger charge is 2.30. The fourth-order valence-electron chi connectivity index (χ4n) is 2.42. The zero-order valence-electron chi connectivity index (χ0n) is 12.2. The second-order valence-corrected chi connectivity index (χ2v) is 7.03. The Balaban J connectivity index is 2.39. The molecule has 0 fully saturated rings. The molecule has 2 rings (SSSR count). The Morgan fingerprint density at radius 2 is 2.05 bits per heavy atom. The van der Waals surface area contributed by atoms with Gasteiger partial charge in [0.05, 0.1) is 17.4 Å². The van der Waals surface area contributed by atoms with Crippen LogP contribution in [-0.2, 0) is 14.8 Å². The standard InChI is InChI=1S/C14H20N2O4S/c1-3-6-16(7-8-17)21(19,20)11-4-5-13-12(9-11)10(2)14(18)15-13/h4-5,9-10,17H,3,6-8H2,1-2H3,(H,15,18). The number of benzene rings is 1. The molecule has 0 radical (unpaired) electrons. The molecule has 6 nitrogen and oxygen atoms in total. The third-order valence-corrected chi connectivity index (χ3v) is 5.50. The normalized spacial score (nSPS) is 17.9. The second-order valence-electron chi connectivity index (χ2n) is 5.09. The SMILES string of the molecule is CCCN(CCO)S(=O)(=O)c1ccc2c(c1)C(C)C(=O)N2. The highest BCUT2D eigenvalue weighted by molar-refractivity contribution is 7.89. The summed E-state index contributed by atoms with van der Waals surface area (Å²) in [5, 5.41) is 11.8. The molecule has 1 unspecified atom stereocenters. The maximum atomic E-state index is 12.6. The molecule has 7 heteroatoms. The first-order valence-corrected chi connectivity index (χ1v) is 8.41. The predicted molar refractivity (Wildman–Crippen MR) is 79.6 cm³/mol. The van der Waals surface area contributed by atoms with Crippen molar-refractivity contribution in [3.05, 3.63) is 23.8 Å². The van der Waals surface area contributed by atoms with Crippen LogP contribution in [0.1, 0.15) is 31.7 Å². The number of fused-ring (bicyclic) bond motifs is 1. The Morgan fingerprint density at radius 1 is 1.33 bits per heavy atom. The molecular formula is C14H20N2O4S. The molecule has 0 aliphatic carbocycles. The maximum absolute atomic E-state index is 12.6. The van der Waals surface area contributed by atoms with Crippen LogP contribution in [0, 0.1) is 0 Å². The Hall–Kier alpha value is -1.44. The molecule has 1 heterocycles. The van der Waals surface area contributed by atoms with E-state index < -0.39 is 10.0 Å². The van der Waals surface area contributed by atoms with Crippen molar-refractivity contribution in [2.24, 2.45) is 0 Å². The number of hydrogen-bond donors (Lipinski definition) is 2. The summed E-state index contributed by atoms with van der Waals surface area (Å²) in [4.78, 5) is 11.8. The van der Waals surface area contributed by atoms with Gasteiger partial charge in [0.25, 0.3) is 0 Å². The van der Waals surface area contributed by atoms with E-state index in [1.54, 1.807) is 19.1 Å². The quantitative estimate of drug-likeness (QED) is 0.824. The molecule has 21 heavy (non-hydrogen) atoms. The van der Waals surface area contributed by atoms with Crippen LogP contribution < -0.4 is 5.32 Å². The first kappa shape index (κ1) is 15.9. The van der Waals surface area contributed by atoms with E-state index in [-0.39, 0.29) is 29.9 Å². The number of amides is 1. The third-order valence-electron chi connectivity index (χ3n) is 3.60. The van der Waals surface area contributed by atoms with Crippen LogP contribution in [0.2, 0.25) is 0 Å². The van der Waals surface area contributed by atoms with Crippen LogP contribution in [0.5, 0.6) is 0 Å². The Morgan fingerprint density at radius 3 is 2.67 bits per heavy atom. The number of nitrogens with one attached hydrogen (secondary N) is 1. The number of sulfonamides is 1. The second kappa shape index (κ2) is 6.13. The zero-order chi connectivity index (χ0) is 15.6. The third kappa shape index (κ3) is 2.95. The molecule has 0 saturated heterocycles. The molecule has 1 atom stereocenters. The minimum absolute atomic E-state index is 0.0694. The van der Waals surface area contributed by atoms with Crippen molar-refractivity contribution >= 4 is 21.6 Å². The number of hydrogen-bond acceptors (Lipinski definition) is 4. The molecule has 1 aliphatic rings. The average Bonchev–Trinajstić information content (AvgIpc) is 2.73. The summed E-state index contributed by atoms with van der Waals surface area (Å²) in [6, 6.07) is 4.66. The van der Waals surface area contributed by atoms with Gasteiger partial charge in [-0.1, -0.05) is 6.92 Å². The fraction of sp³-hybridized carbons (Fsp3) is 0.500. The van der Waals surface area contributed by atoms with Crippen molar-refractivity contribution < 1.29 is 18.3 Å². The number of carbonyl (C=O) groups is 1. The van der Waals surface area contributed by atoms with Gasteiger partial charge in [-0.05, 0) is 37.1 Å². The van der Waals surface area contributed by atoms with E-state index >= 15 is 0 Å². The lowest BCUT2D eigenvalue weighted by Crippen LogP contribution is -2.34. The molecule has 0 aromatic heterocycles. The fourth-order valence-corrected chi connectivity index (χ4v) is 3.98. The lowest BCUT2D eigenvalue weighted by molar-refractivity contribution is -0.116. The minimum Gasteiger partial charge on any atom is -0.395 e. The van der Waals surface area contributed by atoms with E-state index in [1.807, 2.05) is 6.92 Å². The number of rotatable bonds is 6. The van der Waals surface area contributed by atoms with Gasteiger partial charge in [0.15, 0.2) is 0 Å². The van der Waals surface area contributed by atoms with Crippen LogP contribution in [0.15, 0.2) is 23.1 Å². The number of aliphatic hydroxyl groups is 1. The molecule has 0 bridgehead atoms. The largest absolute Gasteiger partial charge is 0.395 e. The van der Waals surface area contributed by atoms with Gasteiger partial charge in [0.2, 0.25) is 15.9 Å². The van der Waals surface area contributed by atoms with E-state index in [1.165, 1.54) is 10.4 Å². The first-order chi connectivity index (χ1) is 9.91. The number of aliphatic hydroxyl groups excluding tert-OH is 1. The Bertz CT molecular complexity index is 636. The summed E-state index contributed by atoms with van der Waals surface area (Å²) in [5.41, 5.74) is 1.36. The van der Waals surface area contributed by atoms with Crippen molar-refractivity contribution in [3.63, 3.8) is 0 Å². The topological polar surface area (TPSA) is 86.7 Å². The minimum atomic E-state index is -3.65. The van der Waals surface area contributed by atoms with Crippen molar-refractivity contribution in [3.8, 4) is 0 Å². The van der Waals surface area contributed by atoms with Crippen LogP contribution in [0.4, 0.5) is 5.69 Å². The van der Waals surface area contributed by atoms with E-state index in [9.17, 15) is 13.2 Å². The maximum Gasteiger partial charge on any atom is 0.243 e. The molecule has 0 spiro atoms. The average molecular weight is 312 g/mol. The summed E-state index contributed by atoms with van der Waals surface area (Å²) in [7, 11) is -3.65. The van der Waals surface area contributed by atoms with E-state index in [2.05, 4.69) is 5.32 Å². The van der Waals surface area contributed by atoms with E-state index in [0.29, 0.717) is 24.2 Å². The summed E-state index contributed by atoms with van der Waals surface area (Å²) >= 11 is 0. The summed E-state index contributed by atoms with van der Waals surface area (Å²) < 4.78 is 26.5. The highest BCUT2D eigenvalue weighted by Crippen LogP contribution is 2.34. The van der Waals surface area contributed by atoms with Gasteiger partial charge in [-0.3, -0.25) is 4.79 Å². The molecule has 116 valence electrons. The molecule has 2 N–H and O–H groups in total. The summed E-state index contributed by atoms with van der Waals surface area (Å²) in [6.07, 6.45) is 0.667. The first-order valence-electron chi connectivity index (χ1n) is 6.97. The molecule has 1 aromatic rings. The summed E-state index contributed by atoms with van der Waals surface area (Å²) in [5.74, 6) is -0.479. The number of anilines is 1. The van der Waals surface area contributed by atoms with Gasteiger partial charge >= 0.3 is 0 Å². The molecular weight excluding hydrogens is 292 g/mol. The Labute approximate surface area is 124 Å². The van der Waals surface area contributed by atoms with Crippen LogP contribution >= 0.6 is 0 Å². The smallest absolute Gasteiger partial charge is 0.243 e. The molecule has 1 aromatic carbocycles. The lowest BCUT2D eigenvalue weighted by Gasteiger charge is -2.21.